The highest BCUT2D eigenvalue weighted by molar-refractivity contribution is 7.19. The van der Waals surface area contributed by atoms with Gasteiger partial charge in [-0.25, -0.2) is 0 Å². The van der Waals surface area contributed by atoms with Gasteiger partial charge in [0.05, 0.1) is 5.02 Å². The van der Waals surface area contributed by atoms with Crippen LogP contribution in [0.1, 0.15) is 24.1 Å². The zero-order valence-corrected chi connectivity index (χ0v) is 12.3. The molecule has 0 spiro atoms. The van der Waals surface area contributed by atoms with Crippen LogP contribution in [0.15, 0.2) is 24.3 Å². The van der Waals surface area contributed by atoms with Crippen molar-refractivity contribution in [3.8, 4) is 0 Å². The molecule has 1 fully saturated rings. The van der Waals surface area contributed by atoms with Gasteiger partial charge < -0.3 is 10.4 Å². The van der Waals surface area contributed by atoms with Crippen molar-refractivity contribution in [3.63, 3.8) is 0 Å². The van der Waals surface area contributed by atoms with Crippen LogP contribution in [0.2, 0.25) is 5.02 Å². The molecule has 1 aromatic heterocycles. The molecule has 0 radical (unpaired) electrons. The Kier molecular flexibility index (Phi) is 4.08. The van der Waals surface area contributed by atoms with Crippen molar-refractivity contribution >= 4 is 33.0 Å². The fourth-order valence-corrected chi connectivity index (χ4v) is 4.38. The van der Waals surface area contributed by atoms with Crippen LogP contribution in [0.4, 0.5) is 0 Å². The van der Waals surface area contributed by atoms with Crippen molar-refractivity contribution in [2.45, 2.75) is 31.8 Å². The minimum atomic E-state index is 0.289. The molecule has 2 aromatic rings. The molecular weight excluding hydrogens is 278 g/mol. The van der Waals surface area contributed by atoms with Crippen LogP contribution in [-0.4, -0.2) is 17.8 Å². The van der Waals surface area contributed by atoms with Gasteiger partial charge >= 0.3 is 0 Å². The molecule has 1 saturated carbocycles. The van der Waals surface area contributed by atoms with Crippen LogP contribution in [0, 0.1) is 5.92 Å². The Bertz CT molecular complexity index is 568. The summed E-state index contributed by atoms with van der Waals surface area (Å²) < 4.78 is 1.24. The Morgan fingerprint density at radius 3 is 2.95 bits per heavy atom. The van der Waals surface area contributed by atoms with Crippen molar-refractivity contribution in [1.29, 1.82) is 0 Å². The molecule has 19 heavy (non-hydrogen) atoms. The fourth-order valence-electron chi connectivity index (χ4n) is 2.93. The molecule has 1 aliphatic carbocycles. The third kappa shape index (κ3) is 2.65. The highest BCUT2D eigenvalue weighted by Crippen LogP contribution is 2.35. The average Bonchev–Trinajstić information content (AvgIpc) is 3.01. The first-order valence-corrected chi connectivity index (χ1v) is 7.99. The van der Waals surface area contributed by atoms with E-state index in [-0.39, 0.29) is 6.61 Å². The Balaban J connectivity index is 1.73. The number of nitrogens with one attached hydrogen (secondary N) is 1. The lowest BCUT2D eigenvalue weighted by molar-refractivity contribution is 0.205. The molecular formula is C15H18ClNOS. The summed E-state index contributed by atoms with van der Waals surface area (Å²) in [5, 5.41) is 14.9. The SMILES string of the molecule is OCC1CCCC1NCc1sc2ccccc2c1Cl. The van der Waals surface area contributed by atoms with Gasteiger partial charge in [-0.3, -0.25) is 0 Å². The molecule has 102 valence electrons. The van der Waals surface area contributed by atoms with E-state index in [9.17, 15) is 5.11 Å². The van der Waals surface area contributed by atoms with Gasteiger partial charge in [-0.1, -0.05) is 36.2 Å². The van der Waals surface area contributed by atoms with Gasteiger partial charge in [0.1, 0.15) is 0 Å². The van der Waals surface area contributed by atoms with Crippen molar-refractivity contribution in [3.05, 3.63) is 34.2 Å². The number of rotatable bonds is 4. The number of hydrogen-bond acceptors (Lipinski definition) is 3. The van der Waals surface area contributed by atoms with Crippen molar-refractivity contribution in [1.82, 2.24) is 5.32 Å². The van der Waals surface area contributed by atoms with Crippen LogP contribution in [0.25, 0.3) is 10.1 Å². The predicted octanol–water partition coefficient (Wildman–Crippen LogP) is 3.81. The van der Waals surface area contributed by atoms with E-state index in [0.717, 1.165) is 29.8 Å². The van der Waals surface area contributed by atoms with E-state index in [0.29, 0.717) is 12.0 Å². The zero-order chi connectivity index (χ0) is 13.2. The first-order chi connectivity index (χ1) is 9.29. The van der Waals surface area contributed by atoms with Gasteiger partial charge in [0.25, 0.3) is 0 Å². The van der Waals surface area contributed by atoms with Gasteiger partial charge in [-0.05, 0) is 24.8 Å². The molecule has 0 amide bonds. The highest BCUT2D eigenvalue weighted by atomic mass is 35.5. The van der Waals surface area contributed by atoms with Crippen LogP contribution in [0.3, 0.4) is 0 Å². The molecule has 2 unspecified atom stereocenters. The lowest BCUT2D eigenvalue weighted by Gasteiger charge is -2.18. The molecule has 0 aliphatic heterocycles. The number of aliphatic hydroxyl groups is 1. The molecule has 3 rings (SSSR count). The predicted molar refractivity (Wildman–Crippen MR) is 81.9 cm³/mol. The normalized spacial score (nSPS) is 23.3. The maximum atomic E-state index is 9.34. The van der Waals surface area contributed by atoms with Gasteiger partial charge in [0, 0.05) is 34.2 Å². The molecule has 2 atom stereocenters. The highest BCUT2D eigenvalue weighted by Gasteiger charge is 2.26. The summed E-state index contributed by atoms with van der Waals surface area (Å²) in [6.07, 6.45) is 3.51. The summed E-state index contributed by atoms with van der Waals surface area (Å²) in [6.45, 7) is 1.09. The minimum Gasteiger partial charge on any atom is -0.396 e. The summed E-state index contributed by atoms with van der Waals surface area (Å²) in [4.78, 5) is 1.20. The number of halogens is 1. The summed E-state index contributed by atoms with van der Waals surface area (Å²) in [5.74, 6) is 0.410. The van der Waals surface area contributed by atoms with Crippen molar-refractivity contribution in [2.75, 3.05) is 6.61 Å². The molecule has 0 bridgehead atoms. The summed E-state index contributed by atoms with van der Waals surface area (Å²) in [6, 6.07) is 8.69. The topological polar surface area (TPSA) is 32.3 Å². The Morgan fingerprint density at radius 2 is 2.16 bits per heavy atom. The lowest BCUT2D eigenvalue weighted by Crippen LogP contribution is -2.33. The monoisotopic (exact) mass is 295 g/mol. The summed E-state index contributed by atoms with van der Waals surface area (Å²) >= 11 is 8.19. The molecule has 2 N–H and O–H groups in total. The van der Waals surface area contributed by atoms with E-state index in [2.05, 4.69) is 17.4 Å². The standard InChI is InChI=1S/C15H18ClNOS/c16-15-11-5-1-2-7-13(11)19-14(15)8-17-12-6-3-4-10(12)9-18/h1-2,5,7,10,12,17-18H,3-4,6,8-9H2. The molecule has 4 heteroatoms. The second kappa shape index (κ2) is 5.80. The third-order valence-corrected chi connectivity index (χ3v) is 5.73. The van der Waals surface area contributed by atoms with Crippen molar-refractivity contribution < 1.29 is 5.11 Å². The second-order valence-corrected chi connectivity index (χ2v) is 6.71. The number of hydrogen-bond donors (Lipinski definition) is 2. The van der Waals surface area contributed by atoms with E-state index in [4.69, 9.17) is 11.6 Å². The minimum absolute atomic E-state index is 0.289. The van der Waals surface area contributed by atoms with E-state index >= 15 is 0 Å². The maximum absolute atomic E-state index is 9.34. The number of benzene rings is 1. The first-order valence-electron chi connectivity index (χ1n) is 6.79. The molecule has 1 aliphatic rings. The Hall–Kier alpha value is -0.610. The molecule has 0 saturated heterocycles. The molecule has 2 nitrogen and oxygen atoms in total. The quantitative estimate of drug-likeness (QED) is 0.899. The zero-order valence-electron chi connectivity index (χ0n) is 10.7. The summed E-state index contributed by atoms with van der Waals surface area (Å²) in [5.41, 5.74) is 0. The Morgan fingerprint density at radius 1 is 1.32 bits per heavy atom. The average molecular weight is 296 g/mol. The fraction of sp³-hybridized carbons (Fsp3) is 0.467. The summed E-state index contributed by atoms with van der Waals surface area (Å²) in [7, 11) is 0. The van der Waals surface area contributed by atoms with E-state index in [1.54, 1.807) is 11.3 Å². The van der Waals surface area contributed by atoms with E-state index < -0.39 is 0 Å². The smallest absolute Gasteiger partial charge is 0.0636 e. The van der Waals surface area contributed by atoms with Gasteiger partial charge in [-0.15, -0.1) is 11.3 Å². The van der Waals surface area contributed by atoms with Crippen molar-refractivity contribution in [2.24, 2.45) is 5.92 Å². The molecule has 1 heterocycles. The second-order valence-electron chi connectivity index (χ2n) is 5.20. The van der Waals surface area contributed by atoms with Crippen LogP contribution >= 0.6 is 22.9 Å². The van der Waals surface area contributed by atoms with Gasteiger partial charge in [0.2, 0.25) is 0 Å². The van der Waals surface area contributed by atoms with Crippen LogP contribution in [-0.2, 0) is 6.54 Å². The number of aliphatic hydroxyl groups excluding tert-OH is 1. The number of fused-ring (bicyclic) bond motifs is 1. The molecule has 1 aromatic carbocycles. The Labute approximate surface area is 122 Å². The largest absolute Gasteiger partial charge is 0.396 e. The van der Waals surface area contributed by atoms with E-state index in [1.165, 1.54) is 16.0 Å². The third-order valence-electron chi connectivity index (χ3n) is 4.02. The van der Waals surface area contributed by atoms with Gasteiger partial charge in [-0.2, -0.15) is 0 Å². The lowest BCUT2D eigenvalue weighted by atomic mass is 10.1. The van der Waals surface area contributed by atoms with Crippen LogP contribution in [0.5, 0.6) is 0 Å². The van der Waals surface area contributed by atoms with Crippen LogP contribution < -0.4 is 5.32 Å². The number of thiophene rings is 1. The van der Waals surface area contributed by atoms with Gasteiger partial charge in [0.15, 0.2) is 0 Å². The first kappa shape index (κ1) is 13.4. The van der Waals surface area contributed by atoms with E-state index in [1.807, 2.05) is 12.1 Å². The maximum Gasteiger partial charge on any atom is 0.0636 e.